The Morgan fingerprint density at radius 2 is 1.65 bits per heavy atom. The Balaban J connectivity index is 1.48. The molecule has 1 N–H and O–H groups in total. The first kappa shape index (κ1) is 19.3. The second kappa shape index (κ2) is 8.24. The van der Waals surface area contributed by atoms with Crippen molar-refractivity contribution < 1.29 is 4.74 Å². The van der Waals surface area contributed by atoms with Crippen LogP contribution in [0.4, 0.5) is 5.69 Å². The highest BCUT2D eigenvalue weighted by Gasteiger charge is 2.40. The molecule has 154 valence electrons. The Bertz CT molecular complexity index is 1180. The molecule has 5 nitrogen and oxygen atoms in total. The van der Waals surface area contributed by atoms with Gasteiger partial charge in [-0.3, -0.25) is 4.98 Å². The predicted octanol–water partition coefficient (Wildman–Crippen LogP) is 5.39. The number of hydrogen-bond acceptors (Lipinski definition) is 3. The van der Waals surface area contributed by atoms with Gasteiger partial charge in [-0.15, -0.1) is 0 Å². The van der Waals surface area contributed by atoms with Crippen LogP contribution in [-0.4, -0.2) is 14.7 Å². The number of anilines is 1. The number of hydrogen-bond donors (Lipinski definition) is 1. The van der Waals surface area contributed by atoms with Crippen molar-refractivity contribution in [1.29, 1.82) is 0 Å². The summed E-state index contributed by atoms with van der Waals surface area (Å²) >= 11 is 5.77. The molecule has 1 saturated heterocycles. The fourth-order valence-corrected chi connectivity index (χ4v) is 4.32. The number of aryl methyl sites for hydroxylation is 1. The van der Waals surface area contributed by atoms with Gasteiger partial charge in [0.25, 0.3) is 0 Å². The van der Waals surface area contributed by atoms with Gasteiger partial charge in [0, 0.05) is 31.3 Å². The summed E-state index contributed by atoms with van der Waals surface area (Å²) < 4.78 is 8.00. The van der Waals surface area contributed by atoms with Crippen LogP contribution in [0.1, 0.15) is 23.3 Å². The molecule has 5 rings (SSSR count). The minimum atomic E-state index is -0.0451. The zero-order valence-corrected chi connectivity index (χ0v) is 17.9. The first-order valence-corrected chi connectivity index (χ1v) is 10.6. The molecule has 1 fully saturated rings. The number of para-hydroxylation sites is 1. The van der Waals surface area contributed by atoms with Crippen molar-refractivity contribution >= 4 is 23.0 Å². The number of benzene rings is 2. The van der Waals surface area contributed by atoms with Crippen LogP contribution in [0.25, 0.3) is 0 Å². The van der Waals surface area contributed by atoms with Crippen LogP contribution >= 0.6 is 12.2 Å². The highest BCUT2D eigenvalue weighted by molar-refractivity contribution is 7.80. The second-order valence-electron chi connectivity index (χ2n) is 7.52. The van der Waals surface area contributed by atoms with Gasteiger partial charge >= 0.3 is 0 Å². The van der Waals surface area contributed by atoms with E-state index in [2.05, 4.69) is 38.2 Å². The van der Waals surface area contributed by atoms with Crippen LogP contribution in [-0.2, 0) is 7.05 Å². The third-order valence-corrected chi connectivity index (χ3v) is 5.70. The monoisotopic (exact) mass is 426 g/mol. The van der Waals surface area contributed by atoms with E-state index in [9.17, 15) is 0 Å². The van der Waals surface area contributed by atoms with E-state index in [4.69, 9.17) is 17.0 Å². The van der Waals surface area contributed by atoms with Gasteiger partial charge in [0.05, 0.1) is 17.8 Å². The Kier molecular flexibility index (Phi) is 5.14. The first-order valence-electron chi connectivity index (χ1n) is 10.1. The zero-order valence-electron chi connectivity index (χ0n) is 17.1. The van der Waals surface area contributed by atoms with E-state index >= 15 is 0 Å². The number of thiocarbonyl (C=S) groups is 1. The summed E-state index contributed by atoms with van der Waals surface area (Å²) in [5.74, 6) is 1.59. The van der Waals surface area contributed by atoms with Gasteiger partial charge in [0.15, 0.2) is 5.11 Å². The molecule has 0 spiro atoms. The molecule has 6 heteroatoms. The molecule has 2 aromatic carbocycles. The van der Waals surface area contributed by atoms with E-state index < -0.39 is 0 Å². The number of aromatic nitrogens is 2. The molecule has 0 aliphatic carbocycles. The molecule has 4 aromatic rings. The maximum atomic E-state index is 5.95. The highest BCUT2D eigenvalue weighted by atomic mass is 32.1. The van der Waals surface area contributed by atoms with Gasteiger partial charge in [0.1, 0.15) is 11.5 Å². The molecular weight excluding hydrogens is 404 g/mol. The number of pyridine rings is 1. The van der Waals surface area contributed by atoms with Gasteiger partial charge < -0.3 is 19.5 Å². The summed E-state index contributed by atoms with van der Waals surface area (Å²) in [6.07, 6.45) is 6.01. The lowest BCUT2D eigenvalue weighted by molar-refractivity contribution is 0.482. The van der Waals surface area contributed by atoms with E-state index in [1.165, 1.54) is 5.56 Å². The minimum absolute atomic E-state index is 0.00973. The molecule has 0 amide bonds. The standard InChI is InChI=1S/C25H22N4OS/c1-28-16-14-18(17-28)24-23(22-9-5-6-15-26-22)27-25(31)29(24)19-10-12-21(13-11-19)30-20-7-3-2-4-8-20/h2-17,23-24H,1H3,(H,27,31)/t23-,24+/m1/s1. The van der Waals surface area contributed by atoms with Crippen molar-refractivity contribution in [3.63, 3.8) is 0 Å². The first-order chi connectivity index (χ1) is 15.2. The van der Waals surface area contributed by atoms with Crippen molar-refractivity contribution in [2.45, 2.75) is 12.1 Å². The molecule has 0 radical (unpaired) electrons. The Labute approximate surface area is 186 Å². The van der Waals surface area contributed by atoms with E-state index in [0.29, 0.717) is 5.11 Å². The van der Waals surface area contributed by atoms with Gasteiger partial charge in [-0.1, -0.05) is 24.3 Å². The van der Waals surface area contributed by atoms with Crippen molar-refractivity contribution in [3.05, 3.63) is 109 Å². The number of nitrogens with one attached hydrogen (secondary N) is 1. The fourth-order valence-electron chi connectivity index (χ4n) is 3.97. The smallest absolute Gasteiger partial charge is 0.174 e. The van der Waals surface area contributed by atoms with Crippen LogP contribution in [0.5, 0.6) is 11.5 Å². The summed E-state index contributed by atoms with van der Waals surface area (Å²) in [5.41, 5.74) is 3.14. The molecule has 2 aromatic heterocycles. The molecule has 1 aliphatic heterocycles. The van der Waals surface area contributed by atoms with Crippen LogP contribution < -0.4 is 15.0 Å². The van der Waals surface area contributed by atoms with Crippen LogP contribution in [0, 0.1) is 0 Å². The second-order valence-corrected chi connectivity index (χ2v) is 7.90. The lowest BCUT2D eigenvalue weighted by atomic mass is 9.98. The van der Waals surface area contributed by atoms with E-state index in [1.54, 1.807) is 0 Å². The van der Waals surface area contributed by atoms with Gasteiger partial charge in [-0.05, 0) is 72.4 Å². The molecule has 1 aliphatic rings. The molecular formula is C25H22N4OS. The predicted molar refractivity (Wildman–Crippen MR) is 126 cm³/mol. The molecule has 3 heterocycles. The summed E-state index contributed by atoms with van der Waals surface area (Å²) in [6, 6.07) is 25.9. The van der Waals surface area contributed by atoms with Gasteiger partial charge in [-0.25, -0.2) is 0 Å². The van der Waals surface area contributed by atoms with Crippen LogP contribution in [0.2, 0.25) is 0 Å². The SMILES string of the molecule is Cn1ccc([C@H]2[C@@H](c3ccccn3)NC(=S)N2c2ccc(Oc3ccccc3)cc2)c1. The van der Waals surface area contributed by atoms with Gasteiger partial charge in [-0.2, -0.15) is 0 Å². The minimum Gasteiger partial charge on any atom is -0.457 e. The number of ether oxygens (including phenoxy) is 1. The molecule has 0 unspecified atom stereocenters. The van der Waals surface area contributed by atoms with Crippen molar-refractivity contribution in [3.8, 4) is 11.5 Å². The Morgan fingerprint density at radius 1 is 0.903 bits per heavy atom. The maximum Gasteiger partial charge on any atom is 0.174 e. The third kappa shape index (κ3) is 3.90. The van der Waals surface area contributed by atoms with Crippen LogP contribution in [0.15, 0.2) is 97.5 Å². The van der Waals surface area contributed by atoms with Crippen LogP contribution in [0.3, 0.4) is 0 Å². The third-order valence-electron chi connectivity index (χ3n) is 5.39. The Hall–Kier alpha value is -3.64. The summed E-state index contributed by atoms with van der Waals surface area (Å²) in [7, 11) is 2.03. The molecule has 0 saturated carbocycles. The summed E-state index contributed by atoms with van der Waals surface area (Å²) in [6.45, 7) is 0. The summed E-state index contributed by atoms with van der Waals surface area (Å²) in [4.78, 5) is 6.75. The molecule has 2 atom stereocenters. The molecule has 31 heavy (non-hydrogen) atoms. The summed E-state index contributed by atoms with van der Waals surface area (Å²) in [5, 5.41) is 4.17. The normalized spacial score (nSPS) is 18.1. The number of rotatable bonds is 5. The topological polar surface area (TPSA) is 42.3 Å². The lowest BCUT2D eigenvalue weighted by Crippen LogP contribution is -2.29. The van der Waals surface area contributed by atoms with Crippen molar-refractivity contribution in [2.24, 2.45) is 7.05 Å². The van der Waals surface area contributed by atoms with Crippen molar-refractivity contribution in [2.75, 3.05) is 4.90 Å². The highest BCUT2D eigenvalue weighted by Crippen LogP contribution is 2.41. The van der Waals surface area contributed by atoms with Gasteiger partial charge in [0.2, 0.25) is 0 Å². The lowest BCUT2D eigenvalue weighted by Gasteiger charge is -2.27. The van der Waals surface area contributed by atoms with E-state index in [0.717, 1.165) is 22.9 Å². The van der Waals surface area contributed by atoms with E-state index in [-0.39, 0.29) is 12.1 Å². The molecule has 0 bridgehead atoms. The average molecular weight is 427 g/mol. The average Bonchev–Trinajstić information content (AvgIpc) is 3.38. The number of nitrogens with zero attached hydrogens (tertiary/aromatic N) is 3. The fraction of sp³-hybridized carbons (Fsp3) is 0.120. The van der Waals surface area contributed by atoms with Crippen molar-refractivity contribution in [1.82, 2.24) is 14.9 Å². The van der Waals surface area contributed by atoms with E-state index in [1.807, 2.05) is 86.0 Å². The maximum absolute atomic E-state index is 5.95. The quantitative estimate of drug-likeness (QED) is 0.434. The Morgan fingerprint density at radius 3 is 2.32 bits per heavy atom. The largest absolute Gasteiger partial charge is 0.457 e. The zero-order chi connectivity index (χ0) is 21.2.